The van der Waals surface area contributed by atoms with Crippen molar-refractivity contribution < 1.29 is 19.4 Å². The number of hydrogen-bond acceptors (Lipinski definition) is 6. The fraction of sp³-hybridized carbons (Fsp3) is 0.250. The van der Waals surface area contributed by atoms with Gasteiger partial charge in [-0.2, -0.15) is 0 Å². The van der Waals surface area contributed by atoms with E-state index in [0.29, 0.717) is 5.75 Å². The van der Waals surface area contributed by atoms with E-state index in [4.69, 9.17) is 15.2 Å². The fourth-order valence-corrected chi connectivity index (χ4v) is 3.06. The lowest BCUT2D eigenvalue weighted by molar-refractivity contribution is -0.139. The van der Waals surface area contributed by atoms with Gasteiger partial charge in [0.15, 0.2) is 0 Å². The van der Waals surface area contributed by atoms with Crippen LogP contribution in [0.3, 0.4) is 0 Å². The van der Waals surface area contributed by atoms with Gasteiger partial charge in [0.1, 0.15) is 17.1 Å². The summed E-state index contributed by atoms with van der Waals surface area (Å²) in [7, 11) is 3.92. The van der Waals surface area contributed by atoms with Crippen LogP contribution < -0.4 is 15.4 Å². The number of nitrogens with two attached hydrogens (primary N) is 1. The third kappa shape index (κ3) is 3.18. The number of phenolic OH excluding ortho intramolecular Hbond substituents is 1. The van der Waals surface area contributed by atoms with Crippen molar-refractivity contribution >= 4 is 11.7 Å². The number of hydrogen-bond donors (Lipinski definition) is 2. The normalized spacial score (nSPS) is 15.9. The average molecular weight is 354 g/mol. The molecule has 1 aliphatic heterocycles. The molecule has 0 fully saturated rings. The Kier molecular flexibility index (Phi) is 4.75. The number of esters is 1. The van der Waals surface area contributed by atoms with Crippen LogP contribution in [0, 0.1) is 0 Å². The molecule has 3 N–H and O–H groups in total. The van der Waals surface area contributed by atoms with Gasteiger partial charge in [0.05, 0.1) is 12.5 Å². The van der Waals surface area contributed by atoms with Crippen LogP contribution >= 0.6 is 0 Å². The predicted octanol–water partition coefficient (Wildman–Crippen LogP) is 2.72. The third-order valence-electron chi connectivity index (χ3n) is 4.32. The Morgan fingerprint density at radius 3 is 2.54 bits per heavy atom. The molecular weight excluding hydrogens is 332 g/mol. The molecule has 0 aromatic heterocycles. The number of rotatable bonds is 4. The molecular formula is C20H22N2O4. The topological polar surface area (TPSA) is 85.0 Å². The van der Waals surface area contributed by atoms with E-state index in [9.17, 15) is 9.90 Å². The van der Waals surface area contributed by atoms with Crippen molar-refractivity contribution in [2.45, 2.75) is 12.8 Å². The second-order valence-corrected chi connectivity index (χ2v) is 6.24. The minimum absolute atomic E-state index is 0.0109. The lowest BCUT2D eigenvalue weighted by atomic mass is 9.83. The minimum atomic E-state index is -0.509. The predicted molar refractivity (Wildman–Crippen MR) is 99.2 cm³/mol. The minimum Gasteiger partial charge on any atom is -0.508 e. The quantitative estimate of drug-likeness (QED) is 0.821. The van der Waals surface area contributed by atoms with Gasteiger partial charge in [-0.15, -0.1) is 0 Å². The molecule has 0 saturated heterocycles. The largest absolute Gasteiger partial charge is 0.508 e. The monoisotopic (exact) mass is 354 g/mol. The SMILES string of the molecule is CCOC(=O)C1=C(N)Oc2cc(O)ccc2C1c1ccc(N(C)C)cc1. The summed E-state index contributed by atoms with van der Waals surface area (Å²) in [6, 6.07) is 12.6. The first-order chi connectivity index (χ1) is 12.4. The number of phenols is 1. The first-order valence-electron chi connectivity index (χ1n) is 8.37. The van der Waals surface area contributed by atoms with Crippen LogP contribution in [0.2, 0.25) is 0 Å². The van der Waals surface area contributed by atoms with Gasteiger partial charge in [0.2, 0.25) is 5.88 Å². The molecule has 1 unspecified atom stereocenters. The Morgan fingerprint density at radius 1 is 1.23 bits per heavy atom. The number of carbonyl (C=O) groups is 1. The Hall–Kier alpha value is -3.15. The summed E-state index contributed by atoms with van der Waals surface area (Å²) in [5.41, 5.74) is 8.99. The van der Waals surface area contributed by atoms with E-state index in [1.165, 1.54) is 6.07 Å². The highest BCUT2D eigenvalue weighted by Crippen LogP contribution is 2.44. The molecule has 3 rings (SSSR count). The lowest BCUT2D eigenvalue weighted by Crippen LogP contribution is -2.27. The van der Waals surface area contributed by atoms with Gasteiger partial charge < -0.3 is 25.2 Å². The van der Waals surface area contributed by atoms with Gasteiger partial charge in [-0.05, 0) is 30.7 Å². The summed E-state index contributed by atoms with van der Waals surface area (Å²) in [4.78, 5) is 14.5. The van der Waals surface area contributed by atoms with E-state index in [1.807, 2.05) is 43.3 Å². The Bertz CT molecular complexity index is 857. The summed E-state index contributed by atoms with van der Waals surface area (Å²) in [5, 5.41) is 9.75. The summed E-state index contributed by atoms with van der Waals surface area (Å²) in [6.07, 6.45) is 0. The summed E-state index contributed by atoms with van der Waals surface area (Å²) >= 11 is 0. The summed E-state index contributed by atoms with van der Waals surface area (Å²) in [5.74, 6) is -0.460. The number of fused-ring (bicyclic) bond motifs is 1. The number of nitrogens with zero attached hydrogens (tertiary/aromatic N) is 1. The number of benzene rings is 2. The zero-order valence-electron chi connectivity index (χ0n) is 15.0. The van der Waals surface area contributed by atoms with Crippen LogP contribution in [-0.4, -0.2) is 31.8 Å². The standard InChI is InChI=1S/C20H22N2O4/c1-4-25-20(24)18-17(12-5-7-13(8-6-12)22(2)3)15-10-9-14(23)11-16(15)26-19(18)21/h5-11,17,23H,4,21H2,1-3H3. The highest BCUT2D eigenvalue weighted by molar-refractivity contribution is 5.92. The fourth-order valence-electron chi connectivity index (χ4n) is 3.06. The average Bonchev–Trinajstić information content (AvgIpc) is 2.60. The van der Waals surface area contributed by atoms with Crippen LogP contribution in [0.15, 0.2) is 53.9 Å². The molecule has 6 heteroatoms. The van der Waals surface area contributed by atoms with Crippen LogP contribution in [0.5, 0.6) is 11.5 Å². The maximum Gasteiger partial charge on any atom is 0.340 e. The first-order valence-corrected chi connectivity index (χ1v) is 8.37. The molecule has 2 aromatic rings. The highest BCUT2D eigenvalue weighted by Gasteiger charge is 2.35. The van der Waals surface area contributed by atoms with Crippen LogP contribution in [0.1, 0.15) is 24.0 Å². The van der Waals surface area contributed by atoms with Gasteiger partial charge in [-0.3, -0.25) is 0 Å². The molecule has 136 valence electrons. The van der Waals surface area contributed by atoms with E-state index in [2.05, 4.69) is 0 Å². The van der Waals surface area contributed by atoms with E-state index in [0.717, 1.165) is 16.8 Å². The zero-order valence-corrected chi connectivity index (χ0v) is 15.0. The van der Waals surface area contributed by atoms with E-state index in [-0.39, 0.29) is 23.8 Å². The van der Waals surface area contributed by atoms with Gasteiger partial charge in [-0.1, -0.05) is 18.2 Å². The molecule has 0 bridgehead atoms. The van der Waals surface area contributed by atoms with Crippen molar-refractivity contribution in [2.75, 3.05) is 25.6 Å². The van der Waals surface area contributed by atoms with Gasteiger partial charge >= 0.3 is 5.97 Å². The number of carbonyl (C=O) groups excluding carboxylic acids is 1. The number of aromatic hydroxyl groups is 1. The second-order valence-electron chi connectivity index (χ2n) is 6.24. The molecule has 2 aromatic carbocycles. The molecule has 26 heavy (non-hydrogen) atoms. The maximum absolute atomic E-state index is 12.5. The van der Waals surface area contributed by atoms with Gasteiger partial charge in [-0.25, -0.2) is 4.79 Å². The maximum atomic E-state index is 12.5. The number of ether oxygens (including phenoxy) is 2. The van der Waals surface area contributed by atoms with E-state index < -0.39 is 11.9 Å². The molecule has 0 aliphatic carbocycles. The van der Waals surface area contributed by atoms with E-state index >= 15 is 0 Å². The molecule has 0 spiro atoms. The summed E-state index contributed by atoms with van der Waals surface area (Å²) < 4.78 is 10.8. The number of anilines is 1. The van der Waals surface area contributed by atoms with Crippen molar-refractivity contribution in [3.05, 3.63) is 65.0 Å². The summed E-state index contributed by atoms with van der Waals surface area (Å²) in [6.45, 7) is 1.98. The molecule has 0 radical (unpaired) electrons. The van der Waals surface area contributed by atoms with Crippen LogP contribution in [0.4, 0.5) is 5.69 Å². The third-order valence-corrected chi connectivity index (χ3v) is 4.32. The van der Waals surface area contributed by atoms with E-state index in [1.54, 1.807) is 19.1 Å². The van der Waals surface area contributed by atoms with Gasteiger partial charge in [0, 0.05) is 31.4 Å². The Labute approximate surface area is 152 Å². The van der Waals surface area contributed by atoms with Crippen molar-refractivity contribution in [1.82, 2.24) is 0 Å². The molecule has 0 saturated carbocycles. The molecule has 0 amide bonds. The first kappa shape index (κ1) is 17.7. The highest BCUT2D eigenvalue weighted by atomic mass is 16.5. The Morgan fingerprint density at radius 2 is 1.92 bits per heavy atom. The van der Waals surface area contributed by atoms with Crippen LogP contribution in [-0.2, 0) is 9.53 Å². The second kappa shape index (κ2) is 7.00. The molecule has 1 atom stereocenters. The zero-order chi connectivity index (χ0) is 18.8. The van der Waals surface area contributed by atoms with Crippen LogP contribution in [0.25, 0.3) is 0 Å². The molecule has 1 heterocycles. The smallest absolute Gasteiger partial charge is 0.340 e. The lowest BCUT2D eigenvalue weighted by Gasteiger charge is -2.28. The molecule has 6 nitrogen and oxygen atoms in total. The van der Waals surface area contributed by atoms with Gasteiger partial charge in [0.25, 0.3) is 0 Å². The van der Waals surface area contributed by atoms with Crippen molar-refractivity contribution in [3.8, 4) is 11.5 Å². The van der Waals surface area contributed by atoms with Crippen molar-refractivity contribution in [3.63, 3.8) is 0 Å². The van der Waals surface area contributed by atoms with Crippen molar-refractivity contribution in [1.29, 1.82) is 0 Å². The van der Waals surface area contributed by atoms with Crippen molar-refractivity contribution in [2.24, 2.45) is 5.73 Å². The Balaban J connectivity index is 2.14. The molecule has 1 aliphatic rings.